The van der Waals surface area contributed by atoms with Gasteiger partial charge in [0.15, 0.2) is 9.47 Å². The van der Waals surface area contributed by atoms with Crippen LogP contribution in [0.4, 0.5) is 10.3 Å². The van der Waals surface area contributed by atoms with Gasteiger partial charge in [-0.2, -0.15) is 0 Å². The van der Waals surface area contributed by atoms with Crippen molar-refractivity contribution in [3.63, 3.8) is 0 Å². The number of fused-ring (bicyclic) bond motifs is 1. The van der Waals surface area contributed by atoms with E-state index in [1.54, 1.807) is 0 Å². The number of ether oxygens (including phenoxy) is 1. The second-order valence-electron chi connectivity index (χ2n) is 4.32. The number of thiazole rings is 1. The Balaban J connectivity index is 1.62. The van der Waals surface area contributed by atoms with Crippen LogP contribution >= 0.6 is 34.4 Å². The van der Waals surface area contributed by atoms with E-state index in [1.165, 1.54) is 34.4 Å². The summed E-state index contributed by atoms with van der Waals surface area (Å²) in [4.78, 5) is 16.4. The van der Waals surface area contributed by atoms with E-state index in [4.69, 9.17) is 10.5 Å². The molecule has 120 valence electrons. The van der Waals surface area contributed by atoms with E-state index in [2.05, 4.69) is 20.5 Å². The molecule has 10 heteroatoms. The molecule has 3 N–H and O–H groups in total. The first-order valence-electron chi connectivity index (χ1n) is 6.69. The van der Waals surface area contributed by atoms with Crippen molar-refractivity contribution in [1.29, 1.82) is 0 Å². The first-order chi connectivity index (χ1) is 11.1. The molecule has 0 atom stereocenters. The van der Waals surface area contributed by atoms with Crippen LogP contribution in [0.3, 0.4) is 0 Å². The fourth-order valence-electron chi connectivity index (χ4n) is 1.78. The monoisotopic (exact) mass is 367 g/mol. The van der Waals surface area contributed by atoms with E-state index in [1.807, 2.05) is 25.1 Å². The SMILES string of the molecule is CCOc1ccc2nc(NC(=O)CSc3nnc(N)s3)sc2c1. The lowest BCUT2D eigenvalue weighted by atomic mass is 10.3. The van der Waals surface area contributed by atoms with Crippen LogP contribution in [0.25, 0.3) is 10.2 Å². The molecule has 0 saturated carbocycles. The van der Waals surface area contributed by atoms with E-state index >= 15 is 0 Å². The summed E-state index contributed by atoms with van der Waals surface area (Å²) in [7, 11) is 0. The van der Waals surface area contributed by atoms with Gasteiger partial charge in [-0.05, 0) is 25.1 Å². The van der Waals surface area contributed by atoms with Gasteiger partial charge in [0.1, 0.15) is 5.75 Å². The largest absolute Gasteiger partial charge is 0.494 e. The third kappa shape index (κ3) is 4.09. The van der Waals surface area contributed by atoms with Crippen molar-refractivity contribution in [2.75, 3.05) is 23.4 Å². The zero-order valence-corrected chi connectivity index (χ0v) is 14.6. The smallest absolute Gasteiger partial charge is 0.236 e. The summed E-state index contributed by atoms with van der Waals surface area (Å²) >= 11 is 3.97. The second-order valence-corrected chi connectivity index (χ2v) is 7.59. The quantitative estimate of drug-likeness (QED) is 0.646. The molecule has 0 aliphatic carbocycles. The fourth-order valence-corrected chi connectivity index (χ4v) is 4.12. The Bertz CT molecular complexity index is 832. The van der Waals surface area contributed by atoms with Crippen LogP contribution in [-0.2, 0) is 4.79 Å². The van der Waals surface area contributed by atoms with Gasteiger partial charge in [0, 0.05) is 0 Å². The molecule has 2 aromatic heterocycles. The summed E-state index contributed by atoms with van der Waals surface area (Å²) in [6.45, 7) is 2.55. The van der Waals surface area contributed by atoms with E-state index in [-0.39, 0.29) is 11.7 Å². The Kier molecular flexibility index (Phi) is 4.94. The van der Waals surface area contributed by atoms with Gasteiger partial charge in [0.05, 0.1) is 22.6 Å². The highest BCUT2D eigenvalue weighted by molar-refractivity contribution is 8.01. The third-order valence-corrected chi connectivity index (χ3v) is 5.49. The van der Waals surface area contributed by atoms with Crippen LogP contribution in [0, 0.1) is 0 Å². The number of thioether (sulfide) groups is 1. The Labute approximate surface area is 144 Å². The van der Waals surface area contributed by atoms with Gasteiger partial charge in [-0.15, -0.1) is 10.2 Å². The highest BCUT2D eigenvalue weighted by Crippen LogP contribution is 2.29. The van der Waals surface area contributed by atoms with Crippen molar-refractivity contribution >= 4 is 60.8 Å². The van der Waals surface area contributed by atoms with Gasteiger partial charge >= 0.3 is 0 Å². The Morgan fingerprint density at radius 1 is 1.39 bits per heavy atom. The van der Waals surface area contributed by atoms with Crippen LogP contribution in [0.1, 0.15) is 6.92 Å². The van der Waals surface area contributed by atoms with E-state index in [9.17, 15) is 4.79 Å². The summed E-state index contributed by atoms with van der Waals surface area (Å²) in [5, 5.41) is 11.3. The average molecular weight is 367 g/mol. The van der Waals surface area contributed by atoms with Crippen molar-refractivity contribution in [3.8, 4) is 5.75 Å². The van der Waals surface area contributed by atoms with Gasteiger partial charge in [-0.3, -0.25) is 4.79 Å². The summed E-state index contributed by atoms with van der Waals surface area (Å²) in [6.07, 6.45) is 0. The number of carbonyl (C=O) groups is 1. The summed E-state index contributed by atoms with van der Waals surface area (Å²) in [6, 6.07) is 5.67. The molecule has 23 heavy (non-hydrogen) atoms. The van der Waals surface area contributed by atoms with Crippen LogP contribution in [-0.4, -0.2) is 33.4 Å². The number of nitrogen functional groups attached to an aromatic ring is 1. The molecule has 2 heterocycles. The number of nitrogens with zero attached hydrogens (tertiary/aromatic N) is 3. The molecular weight excluding hydrogens is 354 g/mol. The number of rotatable bonds is 6. The molecular formula is C13H13N5O2S3. The van der Waals surface area contributed by atoms with Crippen LogP contribution in [0.2, 0.25) is 0 Å². The predicted octanol–water partition coefficient (Wildman–Crippen LogP) is 2.86. The zero-order valence-electron chi connectivity index (χ0n) is 12.1. The Hall–Kier alpha value is -1.91. The van der Waals surface area contributed by atoms with Crippen molar-refractivity contribution in [3.05, 3.63) is 18.2 Å². The average Bonchev–Trinajstić information content (AvgIpc) is 3.10. The minimum absolute atomic E-state index is 0.146. The number of nitrogens with two attached hydrogens (primary N) is 1. The van der Waals surface area contributed by atoms with E-state index in [0.29, 0.717) is 21.2 Å². The van der Waals surface area contributed by atoms with Crippen molar-refractivity contribution in [2.45, 2.75) is 11.3 Å². The predicted molar refractivity (Wildman–Crippen MR) is 94.5 cm³/mol. The molecule has 0 saturated heterocycles. The number of hydrogen-bond acceptors (Lipinski definition) is 9. The van der Waals surface area contributed by atoms with Gasteiger partial charge in [0.2, 0.25) is 11.0 Å². The molecule has 7 nitrogen and oxygen atoms in total. The molecule has 0 bridgehead atoms. The lowest BCUT2D eigenvalue weighted by Crippen LogP contribution is -2.13. The molecule has 0 radical (unpaired) electrons. The second kappa shape index (κ2) is 7.11. The van der Waals surface area contributed by atoms with Crippen LogP contribution < -0.4 is 15.8 Å². The number of nitrogens with one attached hydrogen (secondary N) is 1. The summed E-state index contributed by atoms with van der Waals surface area (Å²) < 4.78 is 7.10. The fraction of sp³-hybridized carbons (Fsp3) is 0.231. The zero-order chi connectivity index (χ0) is 16.2. The minimum atomic E-state index is -0.146. The molecule has 3 rings (SSSR count). The third-order valence-electron chi connectivity index (χ3n) is 2.67. The topological polar surface area (TPSA) is 103 Å². The molecule has 0 aliphatic heterocycles. The van der Waals surface area contributed by atoms with E-state index < -0.39 is 0 Å². The number of hydrogen-bond donors (Lipinski definition) is 2. The summed E-state index contributed by atoms with van der Waals surface area (Å²) in [5.74, 6) is 0.883. The first-order valence-corrected chi connectivity index (χ1v) is 9.31. The van der Waals surface area contributed by atoms with Crippen molar-refractivity contribution in [2.24, 2.45) is 0 Å². The maximum Gasteiger partial charge on any atom is 0.236 e. The van der Waals surface area contributed by atoms with Crippen molar-refractivity contribution < 1.29 is 9.53 Å². The summed E-state index contributed by atoms with van der Waals surface area (Å²) in [5.41, 5.74) is 6.33. The highest BCUT2D eigenvalue weighted by Gasteiger charge is 2.10. The van der Waals surface area contributed by atoms with Crippen molar-refractivity contribution in [1.82, 2.24) is 15.2 Å². The minimum Gasteiger partial charge on any atom is -0.494 e. The molecule has 1 aromatic carbocycles. The number of carbonyl (C=O) groups excluding carboxylic acids is 1. The van der Waals surface area contributed by atoms with Gasteiger partial charge in [-0.1, -0.05) is 34.4 Å². The van der Waals surface area contributed by atoms with Crippen LogP contribution in [0.5, 0.6) is 5.75 Å². The lowest BCUT2D eigenvalue weighted by Gasteiger charge is -2.00. The lowest BCUT2D eigenvalue weighted by molar-refractivity contribution is -0.113. The number of amides is 1. The van der Waals surface area contributed by atoms with Gasteiger partial charge in [-0.25, -0.2) is 4.98 Å². The first kappa shape index (κ1) is 16.0. The highest BCUT2D eigenvalue weighted by atomic mass is 32.2. The molecule has 1 amide bonds. The number of anilines is 2. The van der Waals surface area contributed by atoms with Gasteiger partial charge in [0.25, 0.3) is 0 Å². The van der Waals surface area contributed by atoms with E-state index in [0.717, 1.165) is 16.0 Å². The molecule has 0 aliphatic rings. The Morgan fingerprint density at radius 3 is 3.00 bits per heavy atom. The Morgan fingerprint density at radius 2 is 2.26 bits per heavy atom. The number of benzene rings is 1. The normalized spacial score (nSPS) is 10.8. The molecule has 3 aromatic rings. The maximum atomic E-state index is 12.0. The molecule has 0 spiro atoms. The molecule has 0 fully saturated rings. The van der Waals surface area contributed by atoms with Gasteiger partial charge < -0.3 is 15.8 Å². The standard InChI is InChI=1S/C13H13N5O2S3/c1-2-20-7-3-4-8-9(5-7)22-12(15-8)16-10(19)6-21-13-18-17-11(14)23-13/h3-5H,2,6H2,1H3,(H2,14,17)(H,15,16,19). The maximum absolute atomic E-state index is 12.0. The van der Waals surface area contributed by atoms with Crippen LogP contribution in [0.15, 0.2) is 22.5 Å². The number of aromatic nitrogens is 3. The molecule has 0 unspecified atom stereocenters.